The molecule has 1 atom stereocenters. The Morgan fingerprint density at radius 1 is 1.30 bits per heavy atom. The summed E-state index contributed by atoms with van der Waals surface area (Å²) in [5.74, 6) is -0.234. The van der Waals surface area contributed by atoms with Gasteiger partial charge in [-0.1, -0.05) is 47.1 Å². The maximum Gasteiger partial charge on any atom is 0.234 e. The fourth-order valence-corrected chi connectivity index (χ4v) is 4.30. The minimum absolute atomic E-state index is 0.00488. The normalized spacial score (nSPS) is 15.9. The number of anilines is 1. The van der Waals surface area contributed by atoms with Gasteiger partial charge in [-0.2, -0.15) is 5.26 Å². The number of allylic oxidation sites excluding steroid dienone is 1. The molecule has 30 heavy (non-hydrogen) atoms. The first-order valence-electron chi connectivity index (χ1n) is 8.87. The molecule has 0 radical (unpaired) electrons. The van der Waals surface area contributed by atoms with Gasteiger partial charge in [0.25, 0.3) is 0 Å². The standard InChI is InChI=1S/C21H17Cl2N3O3S/c1-29-14-5-2-12(3-6-14)15-9-19(27)26-21(16(15)10-24)30-11-20(28)25-18-7-4-13(22)8-17(18)23/h2-8,15H,9,11H2,1H3,(H,25,28)(H,26,27)/t15-/m1/s1. The molecule has 2 aromatic carbocycles. The van der Waals surface area contributed by atoms with Crippen LogP contribution in [0.25, 0.3) is 0 Å². The number of amides is 2. The zero-order valence-electron chi connectivity index (χ0n) is 15.9. The average molecular weight is 462 g/mol. The van der Waals surface area contributed by atoms with Crippen LogP contribution in [0, 0.1) is 11.3 Å². The van der Waals surface area contributed by atoms with Crippen molar-refractivity contribution in [1.82, 2.24) is 5.32 Å². The van der Waals surface area contributed by atoms with Gasteiger partial charge in [0, 0.05) is 17.4 Å². The lowest BCUT2D eigenvalue weighted by atomic mass is 9.87. The largest absolute Gasteiger partial charge is 0.497 e. The highest BCUT2D eigenvalue weighted by atomic mass is 35.5. The smallest absolute Gasteiger partial charge is 0.234 e. The number of nitrogens with one attached hydrogen (secondary N) is 2. The molecule has 0 saturated carbocycles. The Kier molecular flexibility index (Phi) is 7.27. The van der Waals surface area contributed by atoms with Gasteiger partial charge < -0.3 is 15.4 Å². The zero-order chi connectivity index (χ0) is 21.7. The molecule has 1 heterocycles. The quantitative estimate of drug-likeness (QED) is 0.649. The number of benzene rings is 2. The SMILES string of the molecule is COc1ccc([C@H]2CC(=O)NC(SCC(=O)Nc3ccc(Cl)cc3Cl)=C2C#N)cc1. The summed E-state index contributed by atoms with van der Waals surface area (Å²) in [6, 6.07) is 14.2. The van der Waals surface area contributed by atoms with E-state index in [1.165, 1.54) is 6.07 Å². The summed E-state index contributed by atoms with van der Waals surface area (Å²) in [7, 11) is 1.57. The topological polar surface area (TPSA) is 91.2 Å². The highest BCUT2D eigenvalue weighted by Crippen LogP contribution is 2.36. The van der Waals surface area contributed by atoms with Crippen molar-refractivity contribution >= 4 is 52.5 Å². The molecule has 0 aromatic heterocycles. The molecule has 0 unspecified atom stereocenters. The van der Waals surface area contributed by atoms with Crippen LogP contribution >= 0.6 is 35.0 Å². The van der Waals surface area contributed by atoms with Crippen molar-refractivity contribution in [2.24, 2.45) is 0 Å². The van der Waals surface area contributed by atoms with Gasteiger partial charge in [-0.3, -0.25) is 9.59 Å². The van der Waals surface area contributed by atoms with E-state index in [0.29, 0.717) is 32.1 Å². The third-order valence-electron chi connectivity index (χ3n) is 4.43. The second-order valence-corrected chi connectivity index (χ2v) is 8.22. The van der Waals surface area contributed by atoms with Gasteiger partial charge in [-0.25, -0.2) is 0 Å². The van der Waals surface area contributed by atoms with Gasteiger partial charge in [-0.05, 0) is 35.9 Å². The average Bonchev–Trinajstić information content (AvgIpc) is 2.74. The Bertz CT molecular complexity index is 1050. The molecule has 9 heteroatoms. The van der Waals surface area contributed by atoms with Crippen molar-refractivity contribution in [3.63, 3.8) is 0 Å². The van der Waals surface area contributed by atoms with Gasteiger partial charge in [0.1, 0.15) is 5.75 Å². The first-order valence-corrected chi connectivity index (χ1v) is 10.6. The summed E-state index contributed by atoms with van der Waals surface area (Å²) < 4.78 is 5.16. The maximum atomic E-state index is 12.3. The molecule has 3 rings (SSSR count). The Morgan fingerprint density at radius 3 is 2.67 bits per heavy atom. The molecular weight excluding hydrogens is 445 g/mol. The van der Waals surface area contributed by atoms with Crippen LogP contribution in [0.4, 0.5) is 5.69 Å². The first-order chi connectivity index (χ1) is 14.4. The highest BCUT2D eigenvalue weighted by molar-refractivity contribution is 8.03. The number of nitriles is 1. The van der Waals surface area contributed by atoms with Crippen LogP contribution in [0.1, 0.15) is 17.9 Å². The number of hydrogen-bond donors (Lipinski definition) is 2. The van der Waals surface area contributed by atoms with Crippen molar-refractivity contribution in [2.45, 2.75) is 12.3 Å². The zero-order valence-corrected chi connectivity index (χ0v) is 18.2. The minimum Gasteiger partial charge on any atom is -0.497 e. The van der Waals surface area contributed by atoms with Crippen molar-refractivity contribution in [3.8, 4) is 11.8 Å². The predicted octanol–water partition coefficient (Wildman–Crippen LogP) is 4.71. The number of ether oxygens (including phenoxy) is 1. The van der Waals surface area contributed by atoms with E-state index in [9.17, 15) is 14.9 Å². The molecule has 2 aromatic rings. The van der Waals surface area contributed by atoms with Gasteiger partial charge in [0.05, 0.1) is 40.2 Å². The summed E-state index contributed by atoms with van der Waals surface area (Å²) >= 11 is 13.0. The highest BCUT2D eigenvalue weighted by Gasteiger charge is 2.30. The minimum atomic E-state index is -0.383. The number of carbonyl (C=O) groups is 2. The van der Waals surface area contributed by atoms with Gasteiger partial charge in [0.15, 0.2) is 0 Å². The Hall–Kier alpha value is -2.66. The fourth-order valence-electron chi connectivity index (χ4n) is 2.97. The van der Waals surface area contributed by atoms with Crippen LogP contribution in [0.3, 0.4) is 0 Å². The van der Waals surface area contributed by atoms with E-state index in [0.717, 1.165) is 17.3 Å². The van der Waals surface area contributed by atoms with E-state index in [4.69, 9.17) is 27.9 Å². The summed E-state index contributed by atoms with van der Waals surface area (Å²) in [5, 5.41) is 16.3. The maximum absolute atomic E-state index is 12.3. The molecule has 0 saturated heterocycles. The Balaban J connectivity index is 1.75. The molecule has 0 spiro atoms. The van der Waals surface area contributed by atoms with E-state index < -0.39 is 0 Å². The summed E-state index contributed by atoms with van der Waals surface area (Å²) in [6.45, 7) is 0. The van der Waals surface area contributed by atoms with Crippen LogP contribution in [0.2, 0.25) is 10.0 Å². The van der Waals surface area contributed by atoms with Gasteiger partial charge in [-0.15, -0.1) is 0 Å². The molecule has 0 fully saturated rings. The molecule has 1 aliphatic rings. The van der Waals surface area contributed by atoms with E-state index in [1.54, 1.807) is 31.4 Å². The van der Waals surface area contributed by atoms with Crippen LogP contribution in [-0.4, -0.2) is 24.7 Å². The van der Waals surface area contributed by atoms with E-state index in [2.05, 4.69) is 16.7 Å². The molecule has 1 aliphatic heterocycles. The molecule has 2 N–H and O–H groups in total. The number of thioether (sulfide) groups is 1. The third-order valence-corrected chi connectivity index (χ3v) is 5.99. The lowest BCUT2D eigenvalue weighted by molar-refractivity contribution is -0.121. The molecule has 154 valence electrons. The number of methoxy groups -OCH3 is 1. The summed E-state index contributed by atoms with van der Waals surface area (Å²) in [4.78, 5) is 24.6. The lowest BCUT2D eigenvalue weighted by Crippen LogP contribution is -2.31. The fraction of sp³-hybridized carbons (Fsp3) is 0.190. The monoisotopic (exact) mass is 461 g/mol. The molecular formula is C21H17Cl2N3O3S. The number of halogens is 2. The first kappa shape index (κ1) is 22.0. The van der Waals surface area contributed by atoms with Crippen molar-refractivity contribution in [2.75, 3.05) is 18.2 Å². The second kappa shape index (κ2) is 9.90. The second-order valence-electron chi connectivity index (χ2n) is 6.39. The van der Waals surface area contributed by atoms with E-state index in [-0.39, 0.29) is 29.9 Å². The van der Waals surface area contributed by atoms with Crippen molar-refractivity contribution in [1.29, 1.82) is 5.26 Å². The molecule has 2 amide bonds. The number of rotatable bonds is 6. The molecule has 6 nitrogen and oxygen atoms in total. The third kappa shape index (κ3) is 5.28. The summed E-state index contributed by atoms with van der Waals surface area (Å²) in [6.07, 6.45) is 0.159. The van der Waals surface area contributed by atoms with E-state index >= 15 is 0 Å². The van der Waals surface area contributed by atoms with E-state index in [1.807, 2.05) is 12.1 Å². The number of hydrogen-bond acceptors (Lipinski definition) is 5. The predicted molar refractivity (Wildman–Crippen MR) is 119 cm³/mol. The molecule has 0 aliphatic carbocycles. The molecule has 0 bridgehead atoms. The van der Waals surface area contributed by atoms with Crippen LogP contribution < -0.4 is 15.4 Å². The van der Waals surface area contributed by atoms with Crippen LogP contribution in [0.5, 0.6) is 5.75 Å². The summed E-state index contributed by atoms with van der Waals surface area (Å²) in [5.41, 5.74) is 1.68. The Morgan fingerprint density at radius 2 is 2.03 bits per heavy atom. The van der Waals surface area contributed by atoms with Crippen molar-refractivity contribution in [3.05, 3.63) is 68.7 Å². The van der Waals surface area contributed by atoms with Crippen LogP contribution in [-0.2, 0) is 9.59 Å². The van der Waals surface area contributed by atoms with Crippen LogP contribution in [0.15, 0.2) is 53.1 Å². The number of carbonyl (C=O) groups excluding carboxylic acids is 2. The number of nitrogens with zero attached hydrogens (tertiary/aromatic N) is 1. The van der Waals surface area contributed by atoms with Crippen molar-refractivity contribution < 1.29 is 14.3 Å². The lowest BCUT2D eigenvalue weighted by Gasteiger charge is -2.25. The van der Waals surface area contributed by atoms with Gasteiger partial charge in [0.2, 0.25) is 11.8 Å². The Labute approximate surface area is 188 Å². The van der Waals surface area contributed by atoms with Gasteiger partial charge >= 0.3 is 0 Å².